The van der Waals surface area contributed by atoms with Crippen LogP contribution in [0.2, 0.25) is 0 Å². The molecule has 17 heavy (non-hydrogen) atoms. The zero-order valence-electron chi connectivity index (χ0n) is 9.98. The highest BCUT2D eigenvalue weighted by Gasteiger charge is 2.27. The van der Waals surface area contributed by atoms with Crippen molar-refractivity contribution in [2.24, 2.45) is 0 Å². The van der Waals surface area contributed by atoms with E-state index in [-0.39, 0.29) is 19.7 Å². The number of hydrogen-bond donors (Lipinski definition) is 1. The molecule has 0 saturated heterocycles. The van der Waals surface area contributed by atoms with Gasteiger partial charge in [-0.25, -0.2) is 4.39 Å². The van der Waals surface area contributed by atoms with E-state index in [0.29, 0.717) is 13.0 Å². The van der Waals surface area contributed by atoms with Gasteiger partial charge in [-0.05, 0) is 19.4 Å². The molecule has 2 nitrogen and oxygen atoms in total. The number of halogens is 4. The van der Waals surface area contributed by atoms with Crippen LogP contribution in [0, 0.1) is 0 Å². The molecule has 0 amide bonds. The molecular formula is C11H21F4NO. The Morgan fingerprint density at radius 3 is 2.06 bits per heavy atom. The predicted octanol–water partition coefficient (Wildman–Crippen LogP) is 2.76. The van der Waals surface area contributed by atoms with Gasteiger partial charge in [-0.3, -0.25) is 0 Å². The monoisotopic (exact) mass is 259 g/mol. The largest absolute Gasteiger partial charge is 0.396 e. The lowest BCUT2D eigenvalue weighted by atomic mass is 10.2. The second kappa shape index (κ2) is 9.65. The molecule has 0 aromatic carbocycles. The van der Waals surface area contributed by atoms with Gasteiger partial charge in [0.05, 0.1) is 6.42 Å². The van der Waals surface area contributed by atoms with Crippen molar-refractivity contribution >= 4 is 0 Å². The Bertz CT molecular complexity index is 175. The van der Waals surface area contributed by atoms with Crippen LogP contribution in [0.3, 0.4) is 0 Å². The van der Waals surface area contributed by atoms with Crippen LogP contribution in [-0.2, 0) is 0 Å². The van der Waals surface area contributed by atoms with E-state index in [1.54, 1.807) is 0 Å². The number of aliphatic hydroxyl groups is 1. The Labute approximate surface area is 99.6 Å². The van der Waals surface area contributed by atoms with E-state index in [2.05, 4.69) is 0 Å². The third-order valence-electron chi connectivity index (χ3n) is 2.49. The maximum absolute atomic E-state index is 12.1. The van der Waals surface area contributed by atoms with Crippen molar-refractivity contribution in [3.63, 3.8) is 0 Å². The van der Waals surface area contributed by atoms with Crippen LogP contribution in [0.1, 0.15) is 32.1 Å². The Kier molecular flexibility index (Phi) is 9.44. The molecule has 104 valence electrons. The summed E-state index contributed by atoms with van der Waals surface area (Å²) in [6.45, 7) is -0.0499. The van der Waals surface area contributed by atoms with Crippen molar-refractivity contribution in [2.45, 2.75) is 38.3 Å². The number of unbranched alkanes of at least 4 members (excludes halogenated alkanes) is 3. The number of nitrogens with zero attached hydrogens (tertiary/aromatic N) is 1. The molecule has 0 radical (unpaired) electrons. The third-order valence-corrected chi connectivity index (χ3v) is 2.49. The zero-order valence-corrected chi connectivity index (χ0v) is 9.98. The molecule has 0 aromatic heterocycles. The fraction of sp³-hybridized carbons (Fsp3) is 1.00. The molecule has 0 saturated carbocycles. The highest BCUT2D eigenvalue weighted by molar-refractivity contribution is 4.61. The highest BCUT2D eigenvalue weighted by Crippen LogP contribution is 2.19. The van der Waals surface area contributed by atoms with E-state index < -0.39 is 19.3 Å². The fourth-order valence-corrected chi connectivity index (χ4v) is 1.54. The van der Waals surface area contributed by atoms with Gasteiger partial charge in [0, 0.05) is 19.7 Å². The lowest BCUT2D eigenvalue weighted by Crippen LogP contribution is -2.31. The topological polar surface area (TPSA) is 23.5 Å². The Morgan fingerprint density at radius 1 is 0.882 bits per heavy atom. The highest BCUT2D eigenvalue weighted by atomic mass is 19.4. The van der Waals surface area contributed by atoms with E-state index in [9.17, 15) is 17.6 Å². The molecule has 1 N–H and O–H groups in total. The first-order chi connectivity index (χ1) is 7.99. The van der Waals surface area contributed by atoms with Crippen LogP contribution in [0.15, 0.2) is 0 Å². The van der Waals surface area contributed by atoms with Crippen LogP contribution >= 0.6 is 0 Å². The molecule has 0 heterocycles. The molecule has 0 atom stereocenters. The number of aliphatic hydroxyl groups excluding tert-OH is 1. The summed E-state index contributed by atoms with van der Waals surface area (Å²) in [5.74, 6) is 0. The molecular weight excluding hydrogens is 238 g/mol. The average molecular weight is 259 g/mol. The van der Waals surface area contributed by atoms with Gasteiger partial charge in [-0.2, -0.15) is 13.2 Å². The summed E-state index contributed by atoms with van der Waals surface area (Å²) in [5, 5.41) is 8.55. The lowest BCUT2D eigenvalue weighted by Gasteiger charge is -2.21. The van der Waals surface area contributed by atoms with Crippen LogP contribution in [0.4, 0.5) is 17.6 Å². The van der Waals surface area contributed by atoms with E-state index in [1.807, 2.05) is 0 Å². The molecule has 0 rings (SSSR count). The second-order valence-electron chi connectivity index (χ2n) is 4.03. The summed E-state index contributed by atoms with van der Waals surface area (Å²) in [7, 11) is 0. The van der Waals surface area contributed by atoms with E-state index in [4.69, 9.17) is 5.11 Å². The van der Waals surface area contributed by atoms with Crippen molar-refractivity contribution in [1.82, 2.24) is 4.90 Å². The van der Waals surface area contributed by atoms with Crippen molar-refractivity contribution in [2.75, 3.05) is 32.9 Å². The normalized spacial score (nSPS) is 12.4. The third kappa shape index (κ3) is 11.9. The quantitative estimate of drug-likeness (QED) is 0.481. The molecule has 0 unspecified atom stereocenters. The molecule has 0 spiro atoms. The second-order valence-corrected chi connectivity index (χ2v) is 4.03. The summed E-state index contributed by atoms with van der Waals surface area (Å²) < 4.78 is 48.1. The van der Waals surface area contributed by atoms with Gasteiger partial charge in [0.15, 0.2) is 0 Å². The van der Waals surface area contributed by atoms with Crippen molar-refractivity contribution in [3.05, 3.63) is 0 Å². The van der Waals surface area contributed by atoms with Crippen LogP contribution in [-0.4, -0.2) is 49.1 Å². The van der Waals surface area contributed by atoms with E-state index in [0.717, 1.165) is 19.3 Å². The SMILES string of the molecule is OCCCCCCN(CCF)CCC(F)(F)F. The fourth-order valence-electron chi connectivity index (χ4n) is 1.54. The summed E-state index contributed by atoms with van der Waals surface area (Å²) in [4.78, 5) is 1.51. The van der Waals surface area contributed by atoms with Gasteiger partial charge in [0.2, 0.25) is 0 Å². The van der Waals surface area contributed by atoms with E-state index in [1.165, 1.54) is 4.90 Å². The molecule has 0 aliphatic carbocycles. The van der Waals surface area contributed by atoms with Crippen LogP contribution < -0.4 is 0 Å². The molecule has 0 fully saturated rings. The molecule has 0 bridgehead atoms. The summed E-state index contributed by atoms with van der Waals surface area (Å²) in [6.07, 6.45) is -1.88. The molecule has 6 heteroatoms. The Hall–Kier alpha value is -0.360. The number of rotatable bonds is 10. The van der Waals surface area contributed by atoms with Crippen LogP contribution in [0.5, 0.6) is 0 Å². The first kappa shape index (κ1) is 16.6. The first-order valence-corrected chi connectivity index (χ1v) is 5.95. The number of hydrogen-bond acceptors (Lipinski definition) is 2. The predicted molar refractivity (Wildman–Crippen MR) is 58.6 cm³/mol. The molecule has 0 aliphatic rings. The summed E-state index contributed by atoms with van der Waals surface area (Å²) in [6, 6.07) is 0. The minimum absolute atomic E-state index is 0.0656. The van der Waals surface area contributed by atoms with Gasteiger partial charge < -0.3 is 10.0 Å². The summed E-state index contributed by atoms with van der Waals surface area (Å²) in [5.41, 5.74) is 0. The smallest absolute Gasteiger partial charge is 0.390 e. The maximum Gasteiger partial charge on any atom is 0.390 e. The van der Waals surface area contributed by atoms with Crippen LogP contribution in [0.25, 0.3) is 0 Å². The van der Waals surface area contributed by atoms with Gasteiger partial charge >= 0.3 is 6.18 Å². The minimum Gasteiger partial charge on any atom is -0.396 e. The molecule has 0 aliphatic heterocycles. The minimum atomic E-state index is -4.18. The zero-order chi connectivity index (χ0) is 13.1. The number of alkyl halides is 4. The molecule has 0 aromatic rings. The lowest BCUT2D eigenvalue weighted by molar-refractivity contribution is -0.138. The van der Waals surface area contributed by atoms with Crippen molar-refractivity contribution in [1.29, 1.82) is 0 Å². The van der Waals surface area contributed by atoms with Crippen molar-refractivity contribution in [3.8, 4) is 0 Å². The van der Waals surface area contributed by atoms with E-state index >= 15 is 0 Å². The first-order valence-electron chi connectivity index (χ1n) is 5.95. The Balaban J connectivity index is 3.67. The van der Waals surface area contributed by atoms with Crippen molar-refractivity contribution < 1.29 is 22.7 Å². The summed E-state index contributed by atoms with van der Waals surface area (Å²) >= 11 is 0. The van der Waals surface area contributed by atoms with Gasteiger partial charge in [0.1, 0.15) is 6.67 Å². The Morgan fingerprint density at radius 2 is 1.53 bits per heavy atom. The van der Waals surface area contributed by atoms with Gasteiger partial charge in [-0.1, -0.05) is 12.8 Å². The van der Waals surface area contributed by atoms with Gasteiger partial charge in [-0.15, -0.1) is 0 Å². The average Bonchev–Trinajstić information content (AvgIpc) is 2.24. The maximum atomic E-state index is 12.1. The van der Waals surface area contributed by atoms with Gasteiger partial charge in [0.25, 0.3) is 0 Å². The standard InChI is InChI=1S/C11H21F4NO/c12-6-9-16(8-5-11(13,14)15)7-3-1-2-4-10-17/h17H,1-10H2.